The summed E-state index contributed by atoms with van der Waals surface area (Å²) < 4.78 is 13.0. The molecule has 2 unspecified atom stereocenters. The van der Waals surface area contributed by atoms with Gasteiger partial charge in [-0.1, -0.05) is 12.1 Å². The maximum Gasteiger partial charge on any atom is 0.317 e. The highest BCUT2D eigenvalue weighted by molar-refractivity contribution is 8.00. The molecular weight excluding hydrogens is 315 g/mol. The molecule has 4 nitrogen and oxygen atoms in total. The van der Waals surface area contributed by atoms with Gasteiger partial charge in [0, 0.05) is 17.8 Å². The highest BCUT2D eigenvalue weighted by Crippen LogP contribution is 2.29. The highest BCUT2D eigenvalue weighted by Gasteiger charge is 2.34. The van der Waals surface area contributed by atoms with E-state index < -0.39 is 6.10 Å². The van der Waals surface area contributed by atoms with Gasteiger partial charge in [-0.15, -0.1) is 0 Å². The molecular formula is C17H23FN2O2S. The van der Waals surface area contributed by atoms with E-state index in [2.05, 4.69) is 5.32 Å². The van der Waals surface area contributed by atoms with Crippen molar-refractivity contribution in [1.82, 2.24) is 10.2 Å². The first kappa shape index (κ1) is 16.6. The van der Waals surface area contributed by atoms with E-state index in [9.17, 15) is 14.3 Å². The zero-order valence-corrected chi connectivity index (χ0v) is 13.9. The Morgan fingerprint density at radius 3 is 2.70 bits per heavy atom. The number of nitrogens with one attached hydrogen (secondary N) is 1. The second kappa shape index (κ2) is 7.53. The molecule has 2 atom stereocenters. The van der Waals surface area contributed by atoms with Crippen molar-refractivity contribution in [3.63, 3.8) is 0 Å². The molecule has 3 rings (SSSR count). The van der Waals surface area contributed by atoms with E-state index in [1.807, 2.05) is 11.8 Å². The molecule has 0 radical (unpaired) electrons. The third-order valence-electron chi connectivity index (χ3n) is 4.38. The quantitative estimate of drug-likeness (QED) is 0.838. The SMILES string of the molecule is O=C(NCC1CCCS1)N(CC(O)c1ccc(F)cc1)C1CC1. The van der Waals surface area contributed by atoms with Crippen molar-refractivity contribution >= 4 is 17.8 Å². The van der Waals surface area contributed by atoms with Gasteiger partial charge in [0.15, 0.2) is 0 Å². The minimum Gasteiger partial charge on any atom is -0.387 e. The molecule has 2 aliphatic rings. The van der Waals surface area contributed by atoms with E-state index in [1.54, 1.807) is 17.0 Å². The van der Waals surface area contributed by atoms with Gasteiger partial charge in [0.1, 0.15) is 5.82 Å². The van der Waals surface area contributed by atoms with E-state index in [0.717, 1.165) is 19.3 Å². The Balaban J connectivity index is 1.55. The van der Waals surface area contributed by atoms with Crippen molar-refractivity contribution in [2.24, 2.45) is 0 Å². The van der Waals surface area contributed by atoms with Crippen LogP contribution in [0.1, 0.15) is 37.4 Å². The van der Waals surface area contributed by atoms with Gasteiger partial charge < -0.3 is 15.3 Å². The van der Waals surface area contributed by atoms with Crippen molar-refractivity contribution < 1.29 is 14.3 Å². The lowest BCUT2D eigenvalue weighted by Crippen LogP contribution is -2.45. The lowest BCUT2D eigenvalue weighted by molar-refractivity contribution is 0.118. The van der Waals surface area contributed by atoms with E-state index >= 15 is 0 Å². The van der Waals surface area contributed by atoms with Crippen molar-refractivity contribution in [3.8, 4) is 0 Å². The molecule has 1 aromatic carbocycles. The van der Waals surface area contributed by atoms with Gasteiger partial charge in [-0.25, -0.2) is 9.18 Å². The first-order valence-corrected chi connectivity index (χ1v) is 9.28. The van der Waals surface area contributed by atoms with Crippen LogP contribution in [0.2, 0.25) is 0 Å². The van der Waals surface area contributed by atoms with Gasteiger partial charge in [0.2, 0.25) is 0 Å². The lowest BCUT2D eigenvalue weighted by atomic mass is 10.1. The number of carbonyl (C=O) groups excluding carboxylic acids is 1. The van der Waals surface area contributed by atoms with Gasteiger partial charge in [-0.2, -0.15) is 11.8 Å². The number of aliphatic hydroxyl groups is 1. The predicted molar refractivity (Wildman–Crippen MR) is 90.0 cm³/mol. The monoisotopic (exact) mass is 338 g/mol. The van der Waals surface area contributed by atoms with Crippen molar-refractivity contribution in [1.29, 1.82) is 0 Å². The molecule has 1 aliphatic heterocycles. The first-order chi connectivity index (χ1) is 11.1. The summed E-state index contributed by atoms with van der Waals surface area (Å²) in [6.45, 7) is 0.944. The largest absolute Gasteiger partial charge is 0.387 e. The molecule has 126 valence electrons. The van der Waals surface area contributed by atoms with Crippen molar-refractivity contribution in [2.75, 3.05) is 18.8 Å². The maximum atomic E-state index is 13.0. The zero-order chi connectivity index (χ0) is 16.2. The molecule has 1 saturated heterocycles. The van der Waals surface area contributed by atoms with E-state index in [-0.39, 0.29) is 24.4 Å². The standard InChI is InChI=1S/C17H23FN2O2S/c18-13-5-3-12(4-6-13)16(21)11-20(14-7-8-14)17(22)19-10-15-2-1-9-23-15/h3-6,14-16,21H,1-2,7-11H2,(H,19,22). The van der Waals surface area contributed by atoms with Crippen LogP contribution in [0.4, 0.5) is 9.18 Å². The predicted octanol–water partition coefficient (Wildman–Crippen LogP) is 2.93. The number of hydrogen-bond donors (Lipinski definition) is 2. The number of nitrogens with zero attached hydrogens (tertiary/aromatic N) is 1. The molecule has 2 amide bonds. The molecule has 0 bridgehead atoms. The number of rotatable bonds is 6. The molecule has 23 heavy (non-hydrogen) atoms. The Morgan fingerprint density at radius 2 is 2.09 bits per heavy atom. The average molecular weight is 338 g/mol. The van der Waals surface area contributed by atoms with Gasteiger partial charge in [0.05, 0.1) is 12.6 Å². The lowest BCUT2D eigenvalue weighted by Gasteiger charge is -2.26. The molecule has 1 heterocycles. The second-order valence-corrected chi connectivity index (χ2v) is 7.68. The molecule has 0 spiro atoms. The van der Waals surface area contributed by atoms with Gasteiger partial charge in [-0.3, -0.25) is 0 Å². The minimum atomic E-state index is -0.789. The molecule has 1 aliphatic carbocycles. The number of benzene rings is 1. The fraction of sp³-hybridized carbons (Fsp3) is 0.588. The second-order valence-electron chi connectivity index (χ2n) is 6.27. The number of amides is 2. The Morgan fingerprint density at radius 1 is 1.35 bits per heavy atom. The summed E-state index contributed by atoms with van der Waals surface area (Å²) >= 11 is 1.91. The van der Waals surface area contributed by atoms with Crippen LogP contribution in [0.25, 0.3) is 0 Å². The van der Waals surface area contributed by atoms with Gasteiger partial charge in [0.25, 0.3) is 0 Å². The van der Waals surface area contributed by atoms with Gasteiger partial charge in [-0.05, 0) is 49.1 Å². The van der Waals surface area contributed by atoms with Crippen LogP contribution in [-0.4, -0.2) is 46.2 Å². The molecule has 1 aromatic rings. The molecule has 0 aromatic heterocycles. The van der Waals surface area contributed by atoms with Crippen LogP contribution in [0.5, 0.6) is 0 Å². The van der Waals surface area contributed by atoms with E-state index in [0.29, 0.717) is 17.4 Å². The number of hydrogen-bond acceptors (Lipinski definition) is 3. The fourth-order valence-corrected chi connectivity index (χ4v) is 4.07. The number of urea groups is 1. The zero-order valence-electron chi connectivity index (χ0n) is 13.1. The fourth-order valence-electron chi connectivity index (χ4n) is 2.87. The number of halogens is 1. The van der Waals surface area contributed by atoms with Crippen LogP contribution in [0, 0.1) is 5.82 Å². The third-order valence-corrected chi connectivity index (χ3v) is 5.78. The normalized spacial score (nSPS) is 21.9. The smallest absolute Gasteiger partial charge is 0.317 e. The summed E-state index contributed by atoms with van der Waals surface area (Å²) in [5, 5.41) is 13.9. The Labute approximate surface area is 140 Å². The Bertz CT molecular complexity index is 530. The van der Waals surface area contributed by atoms with E-state index in [4.69, 9.17) is 0 Å². The number of carbonyl (C=O) groups is 1. The van der Waals surface area contributed by atoms with Crippen LogP contribution in [0.3, 0.4) is 0 Å². The summed E-state index contributed by atoms with van der Waals surface area (Å²) in [6, 6.07) is 5.92. The maximum absolute atomic E-state index is 13.0. The van der Waals surface area contributed by atoms with Gasteiger partial charge >= 0.3 is 6.03 Å². The van der Waals surface area contributed by atoms with Crippen molar-refractivity contribution in [3.05, 3.63) is 35.6 Å². The topological polar surface area (TPSA) is 52.6 Å². The summed E-state index contributed by atoms with van der Waals surface area (Å²) in [5.41, 5.74) is 0.635. The molecule has 2 N–H and O–H groups in total. The van der Waals surface area contributed by atoms with Crippen LogP contribution in [0.15, 0.2) is 24.3 Å². The molecule has 1 saturated carbocycles. The Kier molecular flexibility index (Phi) is 5.43. The summed E-state index contributed by atoms with van der Waals surface area (Å²) in [5.74, 6) is 0.850. The average Bonchev–Trinajstić information content (AvgIpc) is 3.26. The summed E-state index contributed by atoms with van der Waals surface area (Å²) in [6.07, 6.45) is 3.57. The van der Waals surface area contributed by atoms with Crippen LogP contribution in [-0.2, 0) is 0 Å². The highest BCUT2D eigenvalue weighted by atomic mass is 32.2. The summed E-state index contributed by atoms with van der Waals surface area (Å²) in [7, 11) is 0. The van der Waals surface area contributed by atoms with Crippen LogP contribution < -0.4 is 5.32 Å². The third kappa shape index (κ3) is 4.61. The minimum absolute atomic E-state index is 0.0961. The van der Waals surface area contributed by atoms with Crippen molar-refractivity contribution in [2.45, 2.75) is 43.1 Å². The summed E-state index contributed by atoms with van der Waals surface area (Å²) in [4.78, 5) is 14.2. The van der Waals surface area contributed by atoms with Crippen LogP contribution >= 0.6 is 11.8 Å². The molecule has 2 fully saturated rings. The Hall–Kier alpha value is -1.27. The first-order valence-electron chi connectivity index (χ1n) is 8.23. The number of aliphatic hydroxyl groups excluding tert-OH is 1. The molecule has 6 heteroatoms. The number of thioether (sulfide) groups is 1. The van der Waals surface area contributed by atoms with E-state index in [1.165, 1.54) is 24.3 Å².